The van der Waals surface area contributed by atoms with E-state index in [0.717, 1.165) is 6.29 Å². The van der Waals surface area contributed by atoms with Gasteiger partial charge >= 0.3 is 0 Å². The van der Waals surface area contributed by atoms with Gasteiger partial charge in [0, 0.05) is 21.8 Å². The fraction of sp³-hybridized carbons (Fsp3) is 0.0500. The van der Waals surface area contributed by atoms with Gasteiger partial charge in [0.1, 0.15) is 11.5 Å². The van der Waals surface area contributed by atoms with Crippen molar-refractivity contribution in [3.8, 4) is 28.4 Å². The van der Waals surface area contributed by atoms with Crippen LogP contribution in [-0.2, 0) is 0 Å². The van der Waals surface area contributed by atoms with Gasteiger partial charge in [-0.25, -0.2) is 0 Å². The van der Waals surface area contributed by atoms with Crippen LogP contribution in [0.3, 0.4) is 0 Å². The van der Waals surface area contributed by atoms with Crippen molar-refractivity contribution in [2.75, 3.05) is 12.8 Å². The molecule has 0 spiro atoms. The maximum absolute atomic E-state index is 11.5. The summed E-state index contributed by atoms with van der Waals surface area (Å²) < 4.78 is 12.9. The highest BCUT2D eigenvalue weighted by Crippen LogP contribution is 2.41. The number of halogens is 3. The molecule has 0 unspecified atom stereocenters. The molecule has 2 N–H and O–H groups in total. The molecule has 0 fully saturated rings. The quantitative estimate of drug-likeness (QED) is 0.305. The summed E-state index contributed by atoms with van der Waals surface area (Å²) in [5.41, 5.74) is 8.29. The summed E-state index contributed by atoms with van der Waals surface area (Å²) in [5.74, 6) is 1.75. The second-order valence-corrected chi connectivity index (χ2v) is 7.77. The van der Waals surface area contributed by atoms with Crippen molar-refractivity contribution < 1.29 is 14.3 Å². The predicted octanol–water partition coefficient (Wildman–Crippen LogP) is 6.73. The molecular weight excluding hydrogens is 497 g/mol. The lowest BCUT2D eigenvalue weighted by molar-refractivity contribution is 0.112. The number of carbonyl (C=O) groups is 1. The number of nitrogen functional groups attached to an aromatic ring is 1. The van der Waals surface area contributed by atoms with Gasteiger partial charge in [0.2, 0.25) is 0 Å². The number of carbonyl (C=O) groups excluding carboxylic acids is 1. The van der Waals surface area contributed by atoms with Gasteiger partial charge in [0.15, 0.2) is 12.0 Å². The molecule has 3 rings (SSSR count). The van der Waals surface area contributed by atoms with Gasteiger partial charge in [-0.3, -0.25) is 4.79 Å². The van der Waals surface area contributed by atoms with Crippen LogP contribution in [0.4, 0.5) is 5.69 Å². The van der Waals surface area contributed by atoms with Crippen molar-refractivity contribution >= 4 is 55.4 Å². The van der Waals surface area contributed by atoms with E-state index in [0.29, 0.717) is 53.6 Å². The summed E-state index contributed by atoms with van der Waals surface area (Å²) in [6.07, 6.45) is 0.784. The Balaban J connectivity index is 2.10. The zero-order valence-corrected chi connectivity index (χ0v) is 18.1. The highest BCUT2D eigenvalue weighted by molar-refractivity contribution is 9.11. The molecule has 4 nitrogen and oxygen atoms in total. The molecule has 0 saturated heterocycles. The number of methoxy groups -OCH3 is 1. The number of hydrogen-bond acceptors (Lipinski definition) is 4. The number of anilines is 1. The number of rotatable bonds is 5. The Bertz CT molecular complexity index is 1000. The van der Waals surface area contributed by atoms with Crippen LogP contribution in [0, 0.1) is 0 Å². The highest BCUT2D eigenvalue weighted by atomic mass is 79.9. The Morgan fingerprint density at radius 2 is 1.70 bits per heavy atom. The van der Waals surface area contributed by atoms with Crippen LogP contribution < -0.4 is 15.2 Å². The molecule has 0 atom stereocenters. The lowest BCUT2D eigenvalue weighted by Crippen LogP contribution is -1.95. The summed E-state index contributed by atoms with van der Waals surface area (Å²) in [6, 6.07) is 13.9. The second kappa shape index (κ2) is 8.33. The monoisotopic (exact) mass is 509 g/mol. The highest BCUT2D eigenvalue weighted by Gasteiger charge is 2.15. The molecule has 0 aliphatic rings. The molecule has 0 aliphatic heterocycles. The van der Waals surface area contributed by atoms with E-state index < -0.39 is 0 Å². The lowest BCUT2D eigenvalue weighted by atomic mass is 9.99. The fourth-order valence-electron chi connectivity index (χ4n) is 2.62. The smallest absolute Gasteiger partial charge is 0.155 e. The summed E-state index contributed by atoms with van der Waals surface area (Å²) >= 11 is 13.0. The Morgan fingerprint density at radius 3 is 2.33 bits per heavy atom. The van der Waals surface area contributed by atoms with Crippen molar-refractivity contribution in [2.24, 2.45) is 0 Å². The zero-order valence-electron chi connectivity index (χ0n) is 14.1. The summed E-state index contributed by atoms with van der Waals surface area (Å²) in [7, 11) is 1.57. The molecule has 0 aliphatic carbocycles. The topological polar surface area (TPSA) is 61.6 Å². The van der Waals surface area contributed by atoms with E-state index in [-0.39, 0.29) is 0 Å². The third kappa shape index (κ3) is 4.29. The normalized spacial score (nSPS) is 10.5. The van der Waals surface area contributed by atoms with Gasteiger partial charge in [-0.2, -0.15) is 0 Å². The first-order valence-corrected chi connectivity index (χ1v) is 9.75. The minimum absolute atomic E-state index is 0.504. The molecule has 0 saturated carbocycles. The molecule has 27 heavy (non-hydrogen) atoms. The first kappa shape index (κ1) is 19.7. The maximum atomic E-state index is 11.5. The first-order valence-electron chi connectivity index (χ1n) is 7.78. The average molecular weight is 512 g/mol. The maximum Gasteiger partial charge on any atom is 0.155 e. The largest absolute Gasteiger partial charge is 0.496 e. The van der Waals surface area contributed by atoms with E-state index in [1.807, 2.05) is 0 Å². The van der Waals surface area contributed by atoms with Crippen LogP contribution in [-0.4, -0.2) is 13.4 Å². The van der Waals surface area contributed by atoms with Crippen molar-refractivity contribution in [3.63, 3.8) is 0 Å². The van der Waals surface area contributed by atoms with Gasteiger partial charge in [-0.05, 0) is 86.0 Å². The van der Waals surface area contributed by atoms with Crippen LogP contribution in [0.15, 0.2) is 57.5 Å². The van der Waals surface area contributed by atoms with E-state index >= 15 is 0 Å². The van der Waals surface area contributed by atoms with Gasteiger partial charge in [0.05, 0.1) is 16.1 Å². The van der Waals surface area contributed by atoms with Crippen molar-refractivity contribution in [1.82, 2.24) is 0 Å². The first-order chi connectivity index (χ1) is 12.9. The molecule has 0 bridgehead atoms. The molecule has 7 heteroatoms. The summed E-state index contributed by atoms with van der Waals surface area (Å²) in [6.45, 7) is 0. The van der Waals surface area contributed by atoms with Crippen molar-refractivity contribution in [3.05, 3.63) is 68.1 Å². The molecule has 0 amide bonds. The third-order valence-corrected chi connectivity index (χ3v) is 5.26. The van der Waals surface area contributed by atoms with E-state index in [4.69, 9.17) is 26.8 Å². The van der Waals surface area contributed by atoms with Crippen LogP contribution in [0.2, 0.25) is 5.02 Å². The van der Waals surface area contributed by atoms with Crippen LogP contribution in [0.25, 0.3) is 11.1 Å². The van der Waals surface area contributed by atoms with Gasteiger partial charge in [-0.1, -0.05) is 11.6 Å². The molecule has 0 aromatic heterocycles. The molecular formula is C20H14Br2ClNO3. The second-order valence-electron chi connectivity index (χ2n) is 5.63. The SMILES string of the molecule is COc1ccc(Oc2c(Br)cc(N)cc2Br)cc1-c1cc(Cl)ccc1C=O. The Kier molecular flexibility index (Phi) is 6.09. The summed E-state index contributed by atoms with van der Waals surface area (Å²) in [5, 5.41) is 0.521. The number of nitrogens with two attached hydrogens (primary N) is 1. The van der Waals surface area contributed by atoms with E-state index in [1.165, 1.54) is 0 Å². The molecule has 3 aromatic rings. The van der Waals surface area contributed by atoms with Gasteiger partial charge in [0.25, 0.3) is 0 Å². The number of ether oxygens (including phenoxy) is 2. The third-order valence-electron chi connectivity index (χ3n) is 3.84. The van der Waals surface area contributed by atoms with Crippen LogP contribution in [0.1, 0.15) is 10.4 Å². The number of hydrogen-bond donors (Lipinski definition) is 1. The average Bonchev–Trinajstić information content (AvgIpc) is 2.64. The molecule has 0 heterocycles. The van der Waals surface area contributed by atoms with Gasteiger partial charge < -0.3 is 15.2 Å². The number of benzene rings is 3. The van der Waals surface area contributed by atoms with E-state index in [9.17, 15) is 4.79 Å². The van der Waals surface area contributed by atoms with E-state index in [1.54, 1.807) is 55.6 Å². The standard InChI is InChI=1S/C20H14Br2ClNO3/c1-26-19-5-4-14(27-20-17(21)7-13(24)8-18(20)22)9-16(19)15-6-12(23)3-2-11(15)10-25/h2-10H,24H2,1H3. The van der Waals surface area contributed by atoms with E-state index in [2.05, 4.69) is 31.9 Å². The molecule has 3 aromatic carbocycles. The molecule has 0 radical (unpaired) electrons. The zero-order chi connectivity index (χ0) is 19.6. The van der Waals surface area contributed by atoms with Crippen LogP contribution in [0.5, 0.6) is 17.2 Å². The minimum atomic E-state index is 0.504. The Labute approximate surface area is 178 Å². The van der Waals surface area contributed by atoms with Crippen molar-refractivity contribution in [2.45, 2.75) is 0 Å². The Hall–Kier alpha value is -2.02. The van der Waals surface area contributed by atoms with Crippen molar-refractivity contribution in [1.29, 1.82) is 0 Å². The lowest BCUT2D eigenvalue weighted by Gasteiger charge is -2.15. The fourth-order valence-corrected chi connectivity index (χ4v) is 4.18. The van der Waals surface area contributed by atoms with Gasteiger partial charge in [-0.15, -0.1) is 0 Å². The minimum Gasteiger partial charge on any atom is -0.496 e. The molecule has 138 valence electrons. The predicted molar refractivity (Wildman–Crippen MR) is 115 cm³/mol. The summed E-state index contributed by atoms with van der Waals surface area (Å²) in [4.78, 5) is 11.5. The van der Waals surface area contributed by atoms with Crippen LogP contribution >= 0.6 is 43.5 Å². The Morgan fingerprint density at radius 1 is 1.00 bits per heavy atom. The number of aldehydes is 1.